The van der Waals surface area contributed by atoms with Crippen LogP contribution >= 0.6 is 0 Å². The van der Waals surface area contributed by atoms with Gasteiger partial charge < -0.3 is 56.8 Å². The Bertz CT molecular complexity index is 2450. The Morgan fingerprint density at radius 3 is 1.41 bits per heavy atom. The summed E-state index contributed by atoms with van der Waals surface area (Å²) >= 11 is 0. The van der Waals surface area contributed by atoms with Crippen molar-refractivity contribution in [2.75, 3.05) is 52.9 Å². The Balaban J connectivity index is 0.780. The molecule has 370 valence electrons. The van der Waals surface area contributed by atoms with E-state index in [1.807, 2.05) is 6.08 Å². The normalized spacial score (nSPS) is 23.7. The molecule has 6 aliphatic rings. The van der Waals surface area contributed by atoms with Crippen molar-refractivity contribution in [2.24, 2.45) is 17.8 Å². The van der Waals surface area contributed by atoms with E-state index in [9.17, 15) is 28.8 Å². The first kappa shape index (κ1) is 48.4. The minimum absolute atomic E-state index is 0.0189. The van der Waals surface area contributed by atoms with Crippen molar-refractivity contribution in [1.82, 2.24) is 0 Å². The standard InChI is InChI=1S/C52H54O18/c53-47(67-37-13-15-45(43(25-37)51(57)61-23-19-41-29-65-41)69-49(55)33-5-9-35(10-6-33)59-21-17-39-27-63-39)31-1-2-32(4-3-31)48(54)68-38-14-16-46(44(26-38)52(58)62-24-20-42-30-66-42)70-50(56)34-7-11-36(12-8-34)60-22-18-40-28-64-40/h5-7,9-16,25-26,31-32,34,39-42H,1-4,8,17-24,27-30H2/t31-,32-,34?,39?,40?,41?,42?. The van der Waals surface area contributed by atoms with Crippen LogP contribution in [0, 0.1) is 17.8 Å². The van der Waals surface area contributed by atoms with Gasteiger partial charge in [-0.2, -0.15) is 0 Å². The van der Waals surface area contributed by atoms with Crippen molar-refractivity contribution in [3.8, 4) is 28.7 Å². The molecule has 3 aromatic rings. The van der Waals surface area contributed by atoms with Crippen molar-refractivity contribution in [3.63, 3.8) is 0 Å². The minimum Gasteiger partial charge on any atom is -0.494 e. The summed E-state index contributed by atoms with van der Waals surface area (Å²) in [5, 5.41) is 0. The van der Waals surface area contributed by atoms with Gasteiger partial charge in [-0.3, -0.25) is 14.4 Å². The topological polar surface area (TPSA) is 226 Å². The van der Waals surface area contributed by atoms with Crippen LogP contribution in [0.1, 0.15) is 88.9 Å². The lowest BCUT2D eigenvalue weighted by Crippen LogP contribution is -2.30. The summed E-state index contributed by atoms with van der Waals surface area (Å²) in [5.41, 5.74) is 0.00950. The molecule has 4 saturated heterocycles. The zero-order valence-electron chi connectivity index (χ0n) is 38.4. The van der Waals surface area contributed by atoms with E-state index in [1.165, 1.54) is 36.4 Å². The van der Waals surface area contributed by atoms with Crippen LogP contribution in [0.5, 0.6) is 28.7 Å². The van der Waals surface area contributed by atoms with Crippen LogP contribution in [-0.2, 0) is 47.5 Å². The number of carbonyl (C=O) groups is 6. The zero-order valence-corrected chi connectivity index (χ0v) is 38.4. The maximum Gasteiger partial charge on any atom is 0.343 e. The van der Waals surface area contributed by atoms with E-state index in [-0.39, 0.29) is 77.3 Å². The van der Waals surface area contributed by atoms with Crippen molar-refractivity contribution in [2.45, 2.75) is 82.2 Å². The monoisotopic (exact) mass is 966 g/mol. The average molecular weight is 967 g/mol. The zero-order chi connectivity index (χ0) is 48.4. The molecule has 0 aromatic heterocycles. The van der Waals surface area contributed by atoms with Crippen molar-refractivity contribution in [1.29, 1.82) is 0 Å². The van der Waals surface area contributed by atoms with Crippen molar-refractivity contribution >= 4 is 35.8 Å². The maximum atomic E-state index is 13.5. The number of esters is 6. The number of carbonyl (C=O) groups excluding carboxylic acids is 6. The van der Waals surface area contributed by atoms with E-state index in [1.54, 1.807) is 36.4 Å². The molecule has 4 aliphatic heterocycles. The first-order chi connectivity index (χ1) is 34.1. The molecular weight excluding hydrogens is 913 g/mol. The summed E-state index contributed by atoms with van der Waals surface area (Å²) in [4.78, 5) is 80.1. The van der Waals surface area contributed by atoms with Gasteiger partial charge in [0.15, 0.2) is 0 Å². The second kappa shape index (κ2) is 22.9. The SMILES string of the molecule is O=C(Oc1ccc(OC(=O)[C@H]2CC[C@H](C(=O)Oc3ccc(OC(=O)C4C=CC(OCCC5CO5)=CC4)c(C(=O)OCCC4CO4)c3)CC2)cc1C(=O)OCCC1CO1)c1ccc(OCCC2CO2)cc1. The Kier molecular flexibility index (Phi) is 15.8. The van der Waals surface area contributed by atoms with Crippen LogP contribution in [0.3, 0.4) is 0 Å². The second-order valence-corrected chi connectivity index (χ2v) is 17.8. The first-order valence-corrected chi connectivity index (χ1v) is 23.8. The predicted octanol–water partition coefficient (Wildman–Crippen LogP) is 6.45. The van der Waals surface area contributed by atoms with E-state index in [4.69, 9.17) is 56.8 Å². The molecule has 5 unspecified atom stereocenters. The molecule has 3 aromatic carbocycles. The molecular formula is C52H54O18. The van der Waals surface area contributed by atoms with E-state index >= 15 is 0 Å². The third kappa shape index (κ3) is 14.2. The summed E-state index contributed by atoms with van der Waals surface area (Å²) in [6.45, 7) is 3.80. The summed E-state index contributed by atoms with van der Waals surface area (Å²) in [6.07, 6.45) is 9.86. The molecule has 70 heavy (non-hydrogen) atoms. The number of rotatable bonds is 24. The number of hydrogen-bond donors (Lipinski definition) is 0. The molecule has 9 rings (SSSR count). The Morgan fingerprint density at radius 2 is 0.943 bits per heavy atom. The van der Waals surface area contributed by atoms with E-state index in [0.717, 1.165) is 26.1 Å². The number of hydrogen-bond acceptors (Lipinski definition) is 18. The molecule has 0 radical (unpaired) electrons. The Hall–Kier alpha value is -6.60. The maximum absolute atomic E-state index is 13.5. The largest absolute Gasteiger partial charge is 0.494 e. The lowest BCUT2D eigenvalue weighted by Gasteiger charge is -2.26. The molecule has 2 aliphatic carbocycles. The van der Waals surface area contributed by atoms with E-state index < -0.39 is 53.6 Å². The fourth-order valence-electron chi connectivity index (χ4n) is 7.80. The van der Waals surface area contributed by atoms with Crippen LogP contribution in [0.15, 0.2) is 84.7 Å². The summed E-state index contributed by atoms with van der Waals surface area (Å²) in [7, 11) is 0. The molecule has 5 atom stereocenters. The molecule has 0 spiro atoms. The number of epoxide rings is 4. The van der Waals surface area contributed by atoms with Gasteiger partial charge in [0.2, 0.25) is 0 Å². The smallest absolute Gasteiger partial charge is 0.343 e. The highest BCUT2D eigenvalue weighted by atomic mass is 16.6. The van der Waals surface area contributed by atoms with Crippen molar-refractivity contribution in [3.05, 3.63) is 101 Å². The van der Waals surface area contributed by atoms with Gasteiger partial charge in [0, 0.05) is 25.7 Å². The predicted molar refractivity (Wildman–Crippen MR) is 241 cm³/mol. The van der Waals surface area contributed by atoms with Gasteiger partial charge in [-0.15, -0.1) is 0 Å². The average Bonchev–Trinajstić information content (AvgIpc) is 4.13. The van der Waals surface area contributed by atoms with Crippen LogP contribution in [-0.4, -0.2) is 113 Å². The third-order valence-corrected chi connectivity index (χ3v) is 12.4. The number of benzene rings is 3. The van der Waals surface area contributed by atoms with Crippen LogP contribution < -0.4 is 23.7 Å². The van der Waals surface area contributed by atoms with E-state index in [2.05, 4.69) is 0 Å². The molecule has 0 amide bonds. The molecule has 0 N–H and O–H groups in total. The minimum atomic E-state index is -0.780. The van der Waals surface area contributed by atoms with Gasteiger partial charge >= 0.3 is 35.8 Å². The van der Waals surface area contributed by atoms with Gasteiger partial charge in [-0.25, -0.2) is 14.4 Å². The Morgan fingerprint density at radius 1 is 0.486 bits per heavy atom. The highest BCUT2D eigenvalue weighted by molar-refractivity contribution is 5.97. The van der Waals surface area contributed by atoms with Gasteiger partial charge in [-0.1, -0.05) is 6.08 Å². The first-order valence-electron chi connectivity index (χ1n) is 23.8. The highest BCUT2D eigenvalue weighted by Crippen LogP contribution is 2.35. The molecule has 1 saturated carbocycles. The van der Waals surface area contributed by atoms with Gasteiger partial charge in [0.1, 0.15) is 45.6 Å². The second-order valence-electron chi connectivity index (χ2n) is 17.8. The molecule has 0 bridgehead atoms. The van der Waals surface area contributed by atoms with Crippen molar-refractivity contribution < 1.29 is 85.6 Å². The molecule has 5 fully saturated rings. The fourth-order valence-corrected chi connectivity index (χ4v) is 7.80. The molecule has 18 heteroatoms. The summed E-state index contributed by atoms with van der Waals surface area (Å²) < 4.78 is 66.1. The Labute approximate surface area is 403 Å². The quantitative estimate of drug-likeness (QED) is 0.0534. The third-order valence-electron chi connectivity index (χ3n) is 12.4. The van der Waals surface area contributed by atoms with Crippen LogP contribution in [0.4, 0.5) is 0 Å². The number of ether oxygens (including phenoxy) is 12. The lowest BCUT2D eigenvalue weighted by atomic mass is 9.82. The lowest BCUT2D eigenvalue weighted by molar-refractivity contribution is -0.145. The molecule has 4 heterocycles. The highest BCUT2D eigenvalue weighted by Gasteiger charge is 2.34. The molecule has 18 nitrogen and oxygen atoms in total. The van der Waals surface area contributed by atoms with Gasteiger partial charge in [-0.05, 0) is 105 Å². The van der Waals surface area contributed by atoms with Gasteiger partial charge in [0.05, 0.1) is 101 Å². The van der Waals surface area contributed by atoms with Crippen LogP contribution in [0.2, 0.25) is 0 Å². The summed E-state index contributed by atoms with van der Waals surface area (Å²) in [6, 6.07) is 14.6. The number of allylic oxidation sites excluding steroid dienone is 2. The summed E-state index contributed by atoms with van der Waals surface area (Å²) in [5.74, 6) is -4.57. The van der Waals surface area contributed by atoms with Gasteiger partial charge in [0.25, 0.3) is 0 Å². The van der Waals surface area contributed by atoms with Crippen LogP contribution in [0.25, 0.3) is 0 Å². The van der Waals surface area contributed by atoms with E-state index in [0.29, 0.717) is 82.9 Å². The fraction of sp³-hybridized carbons (Fsp3) is 0.462.